The molecule has 1 aliphatic rings. The zero-order valence-corrected chi connectivity index (χ0v) is 12.8. The lowest BCUT2D eigenvalue weighted by Gasteiger charge is -2.27. The van der Waals surface area contributed by atoms with Crippen molar-refractivity contribution < 1.29 is 5.11 Å². The quantitative estimate of drug-likeness (QED) is 0.834. The van der Waals surface area contributed by atoms with E-state index in [1.807, 2.05) is 0 Å². The van der Waals surface area contributed by atoms with Gasteiger partial charge in [-0.1, -0.05) is 13.8 Å². The first-order chi connectivity index (χ1) is 9.71. The summed E-state index contributed by atoms with van der Waals surface area (Å²) in [5.41, 5.74) is 1.09. The van der Waals surface area contributed by atoms with Crippen molar-refractivity contribution in [3.63, 3.8) is 0 Å². The molecule has 0 bridgehead atoms. The summed E-state index contributed by atoms with van der Waals surface area (Å²) < 4.78 is 0. The average molecular weight is 278 g/mol. The Bertz CT molecular complexity index is 450. The largest absolute Gasteiger partial charge is 0.394 e. The molecular weight excluding hydrogens is 252 g/mol. The molecule has 1 aromatic heterocycles. The molecule has 2 heterocycles. The lowest BCUT2D eigenvalue weighted by Crippen LogP contribution is -2.34. The molecule has 112 valence electrons. The normalized spacial score (nSPS) is 18.6. The highest BCUT2D eigenvalue weighted by Crippen LogP contribution is 2.29. The van der Waals surface area contributed by atoms with Gasteiger partial charge in [-0.25, -0.2) is 9.97 Å². The summed E-state index contributed by atoms with van der Waals surface area (Å²) in [7, 11) is 0. The highest BCUT2D eigenvalue weighted by atomic mass is 16.3. The van der Waals surface area contributed by atoms with Gasteiger partial charge in [-0.3, -0.25) is 0 Å². The number of aryl methyl sites for hydroxylation is 1. The van der Waals surface area contributed by atoms with Crippen LogP contribution in [0.1, 0.15) is 44.5 Å². The highest BCUT2D eigenvalue weighted by molar-refractivity contribution is 5.59. The van der Waals surface area contributed by atoms with Crippen LogP contribution < -0.4 is 10.2 Å². The van der Waals surface area contributed by atoms with Gasteiger partial charge in [0.2, 0.25) is 0 Å². The van der Waals surface area contributed by atoms with Gasteiger partial charge in [0, 0.05) is 25.1 Å². The minimum atomic E-state index is 0.197. The number of anilines is 2. The van der Waals surface area contributed by atoms with E-state index in [0.717, 1.165) is 61.8 Å². The maximum Gasteiger partial charge on any atom is 0.137 e. The predicted molar refractivity (Wildman–Crippen MR) is 82.4 cm³/mol. The number of aromatic nitrogens is 2. The van der Waals surface area contributed by atoms with Crippen molar-refractivity contribution in [1.29, 1.82) is 0 Å². The minimum Gasteiger partial charge on any atom is -0.394 e. The first kappa shape index (κ1) is 15.0. The third kappa shape index (κ3) is 3.03. The van der Waals surface area contributed by atoms with E-state index >= 15 is 0 Å². The lowest BCUT2D eigenvalue weighted by atomic mass is 10.2. The first-order valence-corrected chi connectivity index (χ1v) is 7.70. The number of aliphatic hydroxyl groups is 1. The molecule has 0 saturated carbocycles. The van der Waals surface area contributed by atoms with E-state index in [1.54, 1.807) is 0 Å². The van der Waals surface area contributed by atoms with Crippen LogP contribution in [0.25, 0.3) is 0 Å². The number of aliphatic hydroxyl groups excluding tert-OH is 1. The van der Waals surface area contributed by atoms with Crippen LogP contribution in [0.15, 0.2) is 0 Å². The second-order valence-electron chi connectivity index (χ2n) is 5.39. The zero-order chi connectivity index (χ0) is 14.5. The van der Waals surface area contributed by atoms with Crippen LogP contribution in [0.5, 0.6) is 0 Å². The van der Waals surface area contributed by atoms with Gasteiger partial charge in [0.05, 0.1) is 12.6 Å². The molecule has 1 fully saturated rings. The second kappa shape index (κ2) is 6.88. The Hall–Kier alpha value is -1.36. The molecule has 0 amide bonds. The third-order valence-electron chi connectivity index (χ3n) is 3.89. The molecule has 1 aromatic rings. The number of nitrogens with one attached hydrogen (secondary N) is 1. The van der Waals surface area contributed by atoms with Crippen molar-refractivity contribution in [2.45, 2.75) is 52.5 Å². The van der Waals surface area contributed by atoms with Gasteiger partial charge in [-0.15, -0.1) is 0 Å². The summed E-state index contributed by atoms with van der Waals surface area (Å²) in [6.07, 6.45) is 4.06. The monoisotopic (exact) mass is 278 g/mol. The molecule has 2 rings (SSSR count). The fraction of sp³-hybridized carbons (Fsp3) is 0.733. The number of nitrogens with zero attached hydrogens (tertiary/aromatic N) is 3. The van der Waals surface area contributed by atoms with Gasteiger partial charge >= 0.3 is 0 Å². The van der Waals surface area contributed by atoms with Crippen LogP contribution in [-0.2, 0) is 6.42 Å². The zero-order valence-electron chi connectivity index (χ0n) is 12.8. The molecular formula is C15H26N4O. The molecule has 0 spiro atoms. The summed E-state index contributed by atoms with van der Waals surface area (Å²) in [5, 5.41) is 12.9. The van der Waals surface area contributed by atoms with Crippen molar-refractivity contribution in [3.8, 4) is 0 Å². The Morgan fingerprint density at radius 2 is 2.15 bits per heavy atom. The van der Waals surface area contributed by atoms with Gasteiger partial charge < -0.3 is 15.3 Å². The van der Waals surface area contributed by atoms with Gasteiger partial charge in [0.15, 0.2) is 0 Å². The third-order valence-corrected chi connectivity index (χ3v) is 3.89. The van der Waals surface area contributed by atoms with Gasteiger partial charge in [-0.2, -0.15) is 0 Å². The molecule has 0 radical (unpaired) electrons. The SMILES string of the molecule is CCCNc1nc(CC)nc(N2CCCC2CO)c1C. The van der Waals surface area contributed by atoms with Crippen molar-refractivity contribution in [2.75, 3.05) is 29.9 Å². The van der Waals surface area contributed by atoms with E-state index in [2.05, 4.69) is 36.0 Å². The Morgan fingerprint density at radius 3 is 2.80 bits per heavy atom. The van der Waals surface area contributed by atoms with Crippen LogP contribution in [0, 0.1) is 6.92 Å². The number of rotatable bonds is 6. The van der Waals surface area contributed by atoms with E-state index < -0.39 is 0 Å². The van der Waals surface area contributed by atoms with E-state index in [1.165, 1.54) is 0 Å². The minimum absolute atomic E-state index is 0.197. The summed E-state index contributed by atoms with van der Waals surface area (Å²) >= 11 is 0. The van der Waals surface area contributed by atoms with E-state index in [-0.39, 0.29) is 12.6 Å². The highest BCUT2D eigenvalue weighted by Gasteiger charge is 2.27. The van der Waals surface area contributed by atoms with E-state index in [0.29, 0.717) is 0 Å². The number of hydrogen-bond acceptors (Lipinski definition) is 5. The Morgan fingerprint density at radius 1 is 1.35 bits per heavy atom. The van der Waals surface area contributed by atoms with Gasteiger partial charge in [0.25, 0.3) is 0 Å². The van der Waals surface area contributed by atoms with Gasteiger partial charge in [-0.05, 0) is 26.2 Å². The average Bonchev–Trinajstić information content (AvgIpc) is 2.94. The van der Waals surface area contributed by atoms with Crippen molar-refractivity contribution >= 4 is 11.6 Å². The van der Waals surface area contributed by atoms with Crippen molar-refractivity contribution in [1.82, 2.24) is 9.97 Å². The van der Waals surface area contributed by atoms with Crippen LogP contribution in [0.2, 0.25) is 0 Å². The van der Waals surface area contributed by atoms with Crippen LogP contribution in [-0.4, -0.2) is 40.8 Å². The number of hydrogen-bond donors (Lipinski definition) is 2. The Labute approximate surface area is 121 Å². The molecule has 1 aliphatic heterocycles. The molecule has 1 atom stereocenters. The molecule has 0 aliphatic carbocycles. The van der Waals surface area contributed by atoms with Crippen LogP contribution >= 0.6 is 0 Å². The topological polar surface area (TPSA) is 61.3 Å². The smallest absolute Gasteiger partial charge is 0.137 e. The first-order valence-electron chi connectivity index (χ1n) is 7.70. The predicted octanol–water partition coefficient (Wildman–Crippen LogP) is 2.13. The molecule has 0 aromatic carbocycles. The van der Waals surface area contributed by atoms with Crippen molar-refractivity contribution in [2.24, 2.45) is 0 Å². The van der Waals surface area contributed by atoms with E-state index in [9.17, 15) is 5.11 Å². The Kier molecular flexibility index (Phi) is 5.17. The second-order valence-corrected chi connectivity index (χ2v) is 5.39. The standard InChI is InChI=1S/C15H26N4O/c1-4-8-16-14-11(3)15(18-13(5-2)17-14)19-9-6-7-12(19)10-20/h12,20H,4-10H2,1-3H3,(H,16,17,18). The maximum atomic E-state index is 9.53. The van der Waals surface area contributed by atoms with Crippen LogP contribution in [0.4, 0.5) is 11.6 Å². The summed E-state index contributed by atoms with van der Waals surface area (Å²) in [6, 6.07) is 0.201. The molecule has 20 heavy (non-hydrogen) atoms. The Balaban J connectivity index is 2.35. The molecule has 1 saturated heterocycles. The fourth-order valence-corrected chi connectivity index (χ4v) is 2.71. The van der Waals surface area contributed by atoms with Gasteiger partial charge in [0.1, 0.15) is 17.5 Å². The molecule has 1 unspecified atom stereocenters. The molecule has 2 N–H and O–H groups in total. The molecule has 5 nitrogen and oxygen atoms in total. The summed E-state index contributed by atoms with van der Waals surface area (Å²) in [4.78, 5) is 11.5. The molecule has 5 heteroatoms. The summed E-state index contributed by atoms with van der Waals surface area (Å²) in [5.74, 6) is 2.80. The van der Waals surface area contributed by atoms with E-state index in [4.69, 9.17) is 4.98 Å². The maximum absolute atomic E-state index is 9.53. The summed E-state index contributed by atoms with van der Waals surface area (Å²) in [6.45, 7) is 8.38. The van der Waals surface area contributed by atoms with Crippen molar-refractivity contribution in [3.05, 3.63) is 11.4 Å². The van der Waals surface area contributed by atoms with Crippen LogP contribution in [0.3, 0.4) is 0 Å². The fourth-order valence-electron chi connectivity index (χ4n) is 2.71. The lowest BCUT2D eigenvalue weighted by molar-refractivity contribution is 0.266.